The van der Waals surface area contributed by atoms with Gasteiger partial charge in [-0.1, -0.05) is 11.6 Å². The molecule has 0 saturated carbocycles. The van der Waals surface area contributed by atoms with Crippen molar-refractivity contribution in [2.45, 2.75) is 20.4 Å². The van der Waals surface area contributed by atoms with Crippen LogP contribution in [0.2, 0.25) is 5.15 Å². The van der Waals surface area contributed by atoms with Gasteiger partial charge in [0.25, 0.3) is 11.2 Å². The first-order chi connectivity index (χ1) is 9.82. The molecule has 0 unspecified atom stereocenters. The molecule has 2 heterocycles. The van der Waals surface area contributed by atoms with Crippen molar-refractivity contribution in [3.05, 3.63) is 55.0 Å². The van der Waals surface area contributed by atoms with Gasteiger partial charge in [0, 0.05) is 11.8 Å². The molecule has 0 fully saturated rings. The van der Waals surface area contributed by atoms with E-state index in [0.29, 0.717) is 16.8 Å². The number of nitrogens with zero attached hydrogens (tertiary/aromatic N) is 4. The van der Waals surface area contributed by atoms with Crippen LogP contribution in [-0.4, -0.2) is 19.5 Å². The molecule has 0 atom stereocenters. The van der Waals surface area contributed by atoms with E-state index in [2.05, 4.69) is 9.97 Å². The van der Waals surface area contributed by atoms with E-state index in [9.17, 15) is 14.9 Å². The van der Waals surface area contributed by atoms with E-state index in [1.54, 1.807) is 13.8 Å². The van der Waals surface area contributed by atoms with Crippen molar-refractivity contribution in [1.82, 2.24) is 14.5 Å². The van der Waals surface area contributed by atoms with Crippen LogP contribution in [0.15, 0.2) is 17.3 Å². The second kappa shape index (κ2) is 5.49. The van der Waals surface area contributed by atoms with Crippen molar-refractivity contribution >= 4 is 23.0 Å². The Labute approximate surface area is 124 Å². The molecule has 0 aliphatic carbocycles. The molecule has 9 heteroatoms. The van der Waals surface area contributed by atoms with E-state index in [0.717, 1.165) is 0 Å². The lowest BCUT2D eigenvalue weighted by Gasteiger charge is -2.10. The van der Waals surface area contributed by atoms with Gasteiger partial charge in [0.1, 0.15) is 5.69 Å². The van der Waals surface area contributed by atoms with E-state index in [-0.39, 0.29) is 23.1 Å². The monoisotopic (exact) mass is 309 g/mol. The molecular weight excluding hydrogens is 298 g/mol. The number of halogens is 1. The lowest BCUT2D eigenvalue weighted by atomic mass is 10.1. The van der Waals surface area contributed by atoms with Crippen LogP contribution in [0.25, 0.3) is 0 Å². The van der Waals surface area contributed by atoms with Crippen LogP contribution in [0.5, 0.6) is 0 Å². The van der Waals surface area contributed by atoms with Crippen LogP contribution < -0.4 is 11.3 Å². The zero-order valence-electron chi connectivity index (χ0n) is 11.3. The fraction of sp³-hybridized carbons (Fsp3) is 0.250. The predicted molar refractivity (Wildman–Crippen MR) is 77.4 cm³/mol. The van der Waals surface area contributed by atoms with E-state index >= 15 is 0 Å². The Morgan fingerprint density at radius 1 is 1.43 bits per heavy atom. The summed E-state index contributed by atoms with van der Waals surface area (Å²) in [4.78, 5) is 30.5. The molecule has 0 aliphatic heterocycles. The molecule has 0 radical (unpaired) electrons. The summed E-state index contributed by atoms with van der Waals surface area (Å²) in [7, 11) is 0. The molecule has 0 spiro atoms. The molecule has 2 rings (SSSR count). The van der Waals surface area contributed by atoms with E-state index < -0.39 is 10.5 Å². The average molecular weight is 310 g/mol. The largest absolute Gasteiger partial charge is 0.392 e. The highest BCUT2D eigenvalue weighted by Crippen LogP contribution is 2.24. The van der Waals surface area contributed by atoms with Crippen LogP contribution in [0.1, 0.15) is 16.8 Å². The number of hydrogen-bond acceptors (Lipinski definition) is 6. The van der Waals surface area contributed by atoms with Crippen molar-refractivity contribution in [2.75, 3.05) is 5.73 Å². The highest BCUT2D eigenvalue weighted by Gasteiger charge is 2.19. The van der Waals surface area contributed by atoms with Gasteiger partial charge in [-0.25, -0.2) is 4.98 Å². The number of nitrogen functional groups attached to an aromatic ring is 1. The van der Waals surface area contributed by atoms with Crippen LogP contribution >= 0.6 is 11.6 Å². The molecule has 0 amide bonds. The maximum absolute atomic E-state index is 11.9. The van der Waals surface area contributed by atoms with Crippen LogP contribution in [-0.2, 0) is 6.54 Å². The van der Waals surface area contributed by atoms with Gasteiger partial charge in [-0.05, 0) is 13.8 Å². The van der Waals surface area contributed by atoms with Crippen LogP contribution in [0, 0.1) is 24.0 Å². The van der Waals surface area contributed by atoms with Gasteiger partial charge in [-0.3, -0.25) is 24.5 Å². The predicted octanol–water partition coefficient (Wildman–Crippen LogP) is 1.45. The second-order valence-electron chi connectivity index (χ2n) is 4.50. The molecule has 2 N–H and O–H groups in total. The summed E-state index contributed by atoms with van der Waals surface area (Å²) >= 11 is 5.65. The molecule has 2 aromatic rings. The highest BCUT2D eigenvalue weighted by atomic mass is 35.5. The minimum Gasteiger partial charge on any atom is -0.392 e. The first-order valence-electron chi connectivity index (χ1n) is 5.92. The number of nitro groups is 1. The van der Waals surface area contributed by atoms with E-state index in [1.165, 1.54) is 17.1 Å². The third-order valence-corrected chi connectivity index (χ3v) is 3.40. The maximum Gasteiger partial charge on any atom is 0.278 e. The Morgan fingerprint density at radius 2 is 2.10 bits per heavy atom. The lowest BCUT2D eigenvalue weighted by molar-refractivity contribution is -0.386. The molecule has 0 aromatic carbocycles. The smallest absolute Gasteiger partial charge is 0.278 e. The Balaban J connectivity index is 2.51. The number of anilines is 1. The van der Waals surface area contributed by atoms with E-state index in [4.69, 9.17) is 17.3 Å². The minimum absolute atomic E-state index is 0.0112. The van der Waals surface area contributed by atoms with Gasteiger partial charge in [0.05, 0.1) is 29.1 Å². The molecule has 2 aromatic heterocycles. The van der Waals surface area contributed by atoms with Gasteiger partial charge in [0.15, 0.2) is 5.15 Å². The fourth-order valence-corrected chi connectivity index (χ4v) is 2.09. The zero-order valence-corrected chi connectivity index (χ0v) is 12.1. The third kappa shape index (κ3) is 2.70. The van der Waals surface area contributed by atoms with Crippen LogP contribution in [0.3, 0.4) is 0 Å². The van der Waals surface area contributed by atoms with E-state index in [1.807, 2.05) is 0 Å². The summed E-state index contributed by atoms with van der Waals surface area (Å²) in [6, 6.07) is 0. The molecule has 110 valence electrons. The minimum atomic E-state index is -0.514. The summed E-state index contributed by atoms with van der Waals surface area (Å²) in [6.45, 7) is 3.22. The summed E-state index contributed by atoms with van der Waals surface area (Å²) < 4.78 is 1.20. The van der Waals surface area contributed by atoms with Crippen molar-refractivity contribution in [3.63, 3.8) is 0 Å². The van der Waals surface area contributed by atoms with Gasteiger partial charge in [-0.2, -0.15) is 0 Å². The molecule has 0 aliphatic rings. The fourth-order valence-electron chi connectivity index (χ4n) is 1.96. The van der Waals surface area contributed by atoms with Gasteiger partial charge < -0.3 is 5.73 Å². The molecular formula is C12H12ClN5O3. The quantitative estimate of drug-likeness (QED) is 0.521. The highest BCUT2D eigenvalue weighted by molar-refractivity contribution is 6.31. The number of hydrogen-bond donors (Lipinski definition) is 1. The lowest BCUT2D eigenvalue weighted by Crippen LogP contribution is -2.25. The van der Waals surface area contributed by atoms with Crippen LogP contribution in [0.4, 0.5) is 11.4 Å². The van der Waals surface area contributed by atoms with Crippen molar-refractivity contribution in [1.29, 1.82) is 0 Å². The SMILES string of the molecule is Cc1cnc(Cn2cnc(Cl)c(N)c2=O)c(C)c1[N+](=O)[O-]. The molecule has 0 saturated heterocycles. The van der Waals surface area contributed by atoms with Gasteiger partial charge in [0.2, 0.25) is 0 Å². The van der Waals surface area contributed by atoms with Crippen molar-refractivity contribution in [2.24, 2.45) is 0 Å². The van der Waals surface area contributed by atoms with Crippen molar-refractivity contribution < 1.29 is 4.92 Å². The Hall–Kier alpha value is -2.48. The number of aromatic nitrogens is 3. The third-order valence-electron chi connectivity index (χ3n) is 3.10. The maximum atomic E-state index is 11.9. The Morgan fingerprint density at radius 3 is 2.71 bits per heavy atom. The van der Waals surface area contributed by atoms with Gasteiger partial charge >= 0.3 is 0 Å². The Kier molecular flexibility index (Phi) is 3.90. The summed E-state index contributed by atoms with van der Waals surface area (Å²) in [5.41, 5.74) is 6.09. The first-order valence-corrected chi connectivity index (χ1v) is 6.30. The molecule has 8 nitrogen and oxygen atoms in total. The normalized spacial score (nSPS) is 10.6. The topological polar surface area (TPSA) is 117 Å². The summed E-state index contributed by atoms with van der Waals surface area (Å²) in [5.74, 6) is 0. The first kappa shape index (κ1) is 14.9. The van der Waals surface area contributed by atoms with Gasteiger partial charge in [-0.15, -0.1) is 0 Å². The zero-order chi connectivity index (χ0) is 15.7. The summed E-state index contributed by atoms with van der Waals surface area (Å²) in [6.07, 6.45) is 2.63. The molecule has 0 bridgehead atoms. The number of pyridine rings is 1. The number of aryl methyl sites for hydroxylation is 1. The summed E-state index contributed by atoms with van der Waals surface area (Å²) in [5, 5.41) is 11.0. The second-order valence-corrected chi connectivity index (χ2v) is 4.86. The average Bonchev–Trinajstić information content (AvgIpc) is 2.42. The molecule has 21 heavy (non-hydrogen) atoms. The standard InChI is InChI=1S/C12H12ClN5O3/c1-6-3-15-8(7(2)10(6)18(20)21)4-17-5-16-11(13)9(14)12(17)19/h3,5H,4,14H2,1-2H3. The Bertz CT molecular complexity index is 787. The number of nitrogens with two attached hydrogens (primary N) is 1. The van der Waals surface area contributed by atoms with Crippen molar-refractivity contribution in [3.8, 4) is 0 Å². The number of rotatable bonds is 3.